The van der Waals surface area contributed by atoms with Crippen molar-refractivity contribution < 1.29 is 8.42 Å². The maximum Gasteiger partial charge on any atom is 0.150 e. The molecule has 20 heavy (non-hydrogen) atoms. The predicted molar refractivity (Wildman–Crippen MR) is 83.8 cm³/mol. The summed E-state index contributed by atoms with van der Waals surface area (Å²) in [7, 11) is -2.85. The molecule has 0 N–H and O–H groups in total. The summed E-state index contributed by atoms with van der Waals surface area (Å²) in [6, 6.07) is 5.91. The molecule has 0 bridgehead atoms. The molecule has 7 heteroatoms. The Morgan fingerprint density at radius 2 is 2.25 bits per heavy atom. The second-order valence-corrected chi connectivity index (χ2v) is 8.59. The van der Waals surface area contributed by atoms with Crippen LogP contribution in [0.4, 0.5) is 0 Å². The number of hydrogen-bond donors (Lipinski definition) is 0. The first-order valence-electron chi connectivity index (χ1n) is 6.39. The third-order valence-electron chi connectivity index (χ3n) is 3.68. The first kappa shape index (κ1) is 14.4. The first-order valence-corrected chi connectivity index (χ1v) is 9.54. The van der Waals surface area contributed by atoms with Crippen LogP contribution in [0.1, 0.15) is 12.2 Å². The molecule has 1 aromatic carbocycles. The van der Waals surface area contributed by atoms with Gasteiger partial charge in [0.05, 0.1) is 28.4 Å². The zero-order valence-corrected chi connectivity index (χ0v) is 13.9. The Morgan fingerprint density at radius 3 is 2.90 bits per heavy atom. The lowest BCUT2D eigenvalue weighted by atomic mass is 10.1. The van der Waals surface area contributed by atoms with E-state index < -0.39 is 9.84 Å². The smallest absolute Gasteiger partial charge is 0.150 e. The summed E-state index contributed by atoms with van der Waals surface area (Å²) in [6.45, 7) is 0.666. The standard InChI is InChI=1S/C13H14BrClN2O2S/c14-10-1-2-12-11(5-10)16-13(6-15)17(12)7-9-3-4-20(18,19)8-9/h1-2,5,9H,3-4,6-8H2. The molecule has 1 aromatic heterocycles. The van der Waals surface area contributed by atoms with Gasteiger partial charge < -0.3 is 4.57 Å². The van der Waals surface area contributed by atoms with Crippen LogP contribution in [0.3, 0.4) is 0 Å². The minimum atomic E-state index is -2.85. The molecule has 4 nitrogen and oxygen atoms in total. The zero-order valence-electron chi connectivity index (χ0n) is 10.7. The van der Waals surface area contributed by atoms with Gasteiger partial charge in [-0.2, -0.15) is 0 Å². The molecule has 0 aliphatic carbocycles. The third-order valence-corrected chi connectivity index (χ3v) is 6.25. The number of nitrogens with zero attached hydrogens (tertiary/aromatic N) is 2. The Kier molecular flexibility index (Phi) is 3.81. The Hall–Kier alpha value is -0.590. The van der Waals surface area contributed by atoms with Gasteiger partial charge in [0.2, 0.25) is 0 Å². The third kappa shape index (κ3) is 2.73. The van der Waals surface area contributed by atoms with Gasteiger partial charge in [0.15, 0.2) is 9.84 Å². The van der Waals surface area contributed by atoms with Crippen molar-refractivity contribution in [1.29, 1.82) is 0 Å². The molecule has 0 spiro atoms. The number of aromatic nitrogens is 2. The molecule has 1 atom stereocenters. The summed E-state index contributed by atoms with van der Waals surface area (Å²) >= 11 is 9.40. The molecular weight excluding hydrogens is 364 g/mol. The van der Waals surface area contributed by atoms with Gasteiger partial charge in [-0.3, -0.25) is 0 Å². The van der Waals surface area contributed by atoms with E-state index in [1.54, 1.807) is 0 Å². The van der Waals surface area contributed by atoms with Crippen molar-refractivity contribution in [2.45, 2.75) is 18.8 Å². The molecule has 1 saturated heterocycles. The first-order chi connectivity index (χ1) is 9.48. The monoisotopic (exact) mass is 376 g/mol. The molecule has 2 aromatic rings. The minimum Gasteiger partial charge on any atom is -0.327 e. The Bertz CT molecular complexity index is 757. The number of hydrogen-bond acceptors (Lipinski definition) is 3. The molecule has 0 saturated carbocycles. The second kappa shape index (κ2) is 5.31. The summed E-state index contributed by atoms with van der Waals surface area (Å²) < 4.78 is 26.2. The highest BCUT2D eigenvalue weighted by molar-refractivity contribution is 9.10. The quantitative estimate of drug-likeness (QED) is 0.773. The summed E-state index contributed by atoms with van der Waals surface area (Å²) in [5.74, 6) is 1.84. The van der Waals surface area contributed by atoms with Crippen molar-refractivity contribution >= 4 is 48.4 Å². The van der Waals surface area contributed by atoms with E-state index in [2.05, 4.69) is 25.5 Å². The zero-order chi connectivity index (χ0) is 14.3. The number of fused-ring (bicyclic) bond motifs is 1. The van der Waals surface area contributed by atoms with E-state index in [4.69, 9.17) is 11.6 Å². The van der Waals surface area contributed by atoms with E-state index in [1.165, 1.54) is 0 Å². The lowest BCUT2D eigenvalue weighted by Crippen LogP contribution is -2.14. The highest BCUT2D eigenvalue weighted by atomic mass is 79.9. The molecule has 1 aliphatic heterocycles. The maximum absolute atomic E-state index is 11.6. The lowest BCUT2D eigenvalue weighted by molar-refractivity contribution is 0.490. The molecule has 0 radical (unpaired) electrons. The number of imidazole rings is 1. The molecule has 1 aliphatic rings. The number of alkyl halides is 1. The van der Waals surface area contributed by atoms with Gasteiger partial charge in [-0.1, -0.05) is 15.9 Å². The summed E-state index contributed by atoms with van der Waals surface area (Å²) in [5, 5.41) is 0. The maximum atomic E-state index is 11.6. The molecular formula is C13H14BrClN2O2S. The van der Waals surface area contributed by atoms with Gasteiger partial charge >= 0.3 is 0 Å². The van der Waals surface area contributed by atoms with E-state index in [0.717, 1.165) is 27.8 Å². The van der Waals surface area contributed by atoms with Crippen molar-refractivity contribution in [3.05, 3.63) is 28.5 Å². The SMILES string of the molecule is O=S1(=O)CCC(Cn2c(CCl)nc3cc(Br)ccc32)C1. The van der Waals surface area contributed by atoms with E-state index >= 15 is 0 Å². The topological polar surface area (TPSA) is 52.0 Å². The van der Waals surface area contributed by atoms with E-state index in [-0.39, 0.29) is 11.7 Å². The molecule has 108 valence electrons. The second-order valence-electron chi connectivity index (χ2n) is 5.17. The Morgan fingerprint density at radius 1 is 1.45 bits per heavy atom. The Labute approximate surface area is 131 Å². The molecule has 0 amide bonds. The number of sulfone groups is 1. The van der Waals surface area contributed by atoms with Crippen LogP contribution in [-0.2, 0) is 22.3 Å². The van der Waals surface area contributed by atoms with E-state index in [9.17, 15) is 8.42 Å². The van der Waals surface area contributed by atoms with Gasteiger partial charge in [0.25, 0.3) is 0 Å². The average Bonchev–Trinajstić information content (AvgIpc) is 2.90. The van der Waals surface area contributed by atoms with Gasteiger partial charge in [-0.15, -0.1) is 11.6 Å². The fourth-order valence-electron chi connectivity index (χ4n) is 2.73. The highest BCUT2D eigenvalue weighted by Crippen LogP contribution is 2.26. The van der Waals surface area contributed by atoms with Gasteiger partial charge in [0, 0.05) is 11.0 Å². The van der Waals surface area contributed by atoms with Crippen LogP contribution in [0.5, 0.6) is 0 Å². The summed E-state index contributed by atoms with van der Waals surface area (Å²) in [5.41, 5.74) is 1.89. The predicted octanol–water partition coefficient (Wildman–Crippen LogP) is 2.97. The average molecular weight is 378 g/mol. The van der Waals surface area contributed by atoms with Gasteiger partial charge in [-0.25, -0.2) is 13.4 Å². The normalized spacial score (nSPS) is 21.6. The van der Waals surface area contributed by atoms with Crippen molar-refractivity contribution in [3.8, 4) is 0 Å². The molecule has 2 heterocycles. The van der Waals surface area contributed by atoms with Crippen LogP contribution in [0.15, 0.2) is 22.7 Å². The summed E-state index contributed by atoms with van der Waals surface area (Å²) in [4.78, 5) is 4.52. The Balaban J connectivity index is 1.98. The van der Waals surface area contributed by atoms with Crippen molar-refractivity contribution in [1.82, 2.24) is 9.55 Å². The van der Waals surface area contributed by atoms with Crippen LogP contribution >= 0.6 is 27.5 Å². The fraction of sp³-hybridized carbons (Fsp3) is 0.462. The highest BCUT2D eigenvalue weighted by Gasteiger charge is 2.29. The van der Waals surface area contributed by atoms with Crippen LogP contribution in [0, 0.1) is 5.92 Å². The van der Waals surface area contributed by atoms with Gasteiger partial charge in [0.1, 0.15) is 5.82 Å². The lowest BCUT2D eigenvalue weighted by Gasteiger charge is -2.12. The van der Waals surface area contributed by atoms with E-state index in [0.29, 0.717) is 18.2 Å². The number of halogens is 2. The molecule has 1 fully saturated rings. The van der Waals surface area contributed by atoms with E-state index in [1.807, 2.05) is 18.2 Å². The van der Waals surface area contributed by atoms with Crippen LogP contribution in [-0.4, -0.2) is 29.5 Å². The van der Waals surface area contributed by atoms with Crippen LogP contribution < -0.4 is 0 Å². The largest absolute Gasteiger partial charge is 0.327 e. The van der Waals surface area contributed by atoms with Crippen LogP contribution in [0.2, 0.25) is 0 Å². The fourth-order valence-corrected chi connectivity index (χ4v) is 5.14. The van der Waals surface area contributed by atoms with Crippen molar-refractivity contribution in [2.24, 2.45) is 5.92 Å². The van der Waals surface area contributed by atoms with Gasteiger partial charge in [-0.05, 0) is 30.5 Å². The van der Waals surface area contributed by atoms with Crippen molar-refractivity contribution in [2.75, 3.05) is 11.5 Å². The molecule has 1 unspecified atom stereocenters. The molecule has 3 rings (SSSR count). The van der Waals surface area contributed by atoms with Crippen LogP contribution in [0.25, 0.3) is 11.0 Å². The summed E-state index contributed by atoms with van der Waals surface area (Å²) in [6.07, 6.45) is 0.722. The van der Waals surface area contributed by atoms with Crippen molar-refractivity contribution in [3.63, 3.8) is 0 Å². The minimum absolute atomic E-state index is 0.156. The number of rotatable bonds is 3. The number of benzene rings is 1.